The molecule has 0 aromatic carbocycles. The lowest BCUT2D eigenvalue weighted by molar-refractivity contribution is -0.125. The van der Waals surface area contributed by atoms with Crippen molar-refractivity contribution in [2.45, 2.75) is 75.5 Å². The average Bonchev–Trinajstić information content (AvgIpc) is 3.87. The Balaban J connectivity index is 0.000000187. The molecule has 6 aromatic heterocycles. The number of nitrogens with one attached hydrogen (secondary N) is 6. The molecule has 62 heavy (non-hydrogen) atoms. The fourth-order valence-corrected chi connectivity index (χ4v) is 7.95. The van der Waals surface area contributed by atoms with Gasteiger partial charge in [-0.05, 0) is 63.5 Å². The van der Waals surface area contributed by atoms with Gasteiger partial charge in [0.05, 0.1) is 29.0 Å². The van der Waals surface area contributed by atoms with E-state index >= 15 is 0 Å². The zero-order chi connectivity index (χ0) is 43.6. The van der Waals surface area contributed by atoms with Crippen LogP contribution in [0.25, 0.3) is 44.8 Å². The molecule has 2 fully saturated rings. The zero-order valence-corrected chi connectivity index (χ0v) is 35.5. The van der Waals surface area contributed by atoms with Crippen LogP contribution in [-0.2, 0) is 19.0 Å². The van der Waals surface area contributed by atoms with Crippen LogP contribution in [0.15, 0.2) is 49.3 Å². The number of fused-ring (bicyclic) bond motifs is 2. The topological polar surface area (TPSA) is 219 Å². The second-order valence-electron chi connectivity index (χ2n) is 15.0. The molecule has 8 rings (SSSR count). The quantitative estimate of drug-likeness (QED) is 0.0633. The SMILES string of the molecule is COCC(=O)N[C@@H]1CCC[C@H](Nc2nc(-c3c[nH]c4ncc(Cl)cc34)ncc2F)C1.COCCOC(=O)N[C@@H]1CCC[C@H](Nc2nc(-c3c[nH]c4ncc(Cl)cc34)ncc2F)C1. The summed E-state index contributed by atoms with van der Waals surface area (Å²) >= 11 is 12.1. The summed E-state index contributed by atoms with van der Waals surface area (Å²) in [6, 6.07) is 3.42. The van der Waals surface area contributed by atoms with Gasteiger partial charge in [-0.2, -0.15) is 0 Å². The standard InChI is InChI=1S/C21H24ClFN6O3.C20H22ClFN6O2/c1-31-5-6-32-21(30)28-14-4-2-3-13(8-14)27-20-17(23)11-26-19(29-20)16-10-25-18-15(16)7-12(22)9-24-18;1-30-10-17(29)26-12-3-2-4-13(6-12)27-20-16(22)9-25-19(28-20)15-8-24-18-14(15)5-11(21)7-23-18/h7,9-11,13-14H,2-6,8H2,1H3,(H,24,25)(H,28,30)(H,26,27,29);5,7-9,12-13H,2-4,6,10H2,1H3,(H,23,24)(H,26,29)(H,25,27,28)/t13-,14+;12-,13+/m01/s1. The van der Waals surface area contributed by atoms with Crippen LogP contribution < -0.4 is 21.3 Å². The number of anilines is 2. The van der Waals surface area contributed by atoms with E-state index in [1.807, 2.05) is 0 Å². The molecule has 2 amide bonds. The van der Waals surface area contributed by atoms with Crippen LogP contribution in [-0.4, -0.2) is 110 Å². The number of H-pyrrole nitrogens is 2. The van der Waals surface area contributed by atoms with Crippen molar-refractivity contribution in [3.8, 4) is 22.8 Å². The Morgan fingerprint density at radius 1 is 0.694 bits per heavy atom. The molecule has 6 N–H and O–H groups in total. The lowest BCUT2D eigenvalue weighted by Gasteiger charge is -2.30. The van der Waals surface area contributed by atoms with Crippen molar-refractivity contribution in [1.29, 1.82) is 0 Å². The van der Waals surface area contributed by atoms with Gasteiger partial charge in [0.1, 0.15) is 24.5 Å². The monoisotopic (exact) mass is 894 g/mol. The number of pyridine rings is 2. The lowest BCUT2D eigenvalue weighted by Crippen LogP contribution is -2.43. The fraction of sp³-hybridized carbons (Fsp3) is 0.415. The first-order valence-corrected chi connectivity index (χ1v) is 20.9. The van der Waals surface area contributed by atoms with E-state index in [1.165, 1.54) is 7.11 Å². The van der Waals surface area contributed by atoms with E-state index in [4.69, 9.17) is 37.4 Å². The summed E-state index contributed by atoms with van der Waals surface area (Å²) in [4.78, 5) is 55.3. The largest absolute Gasteiger partial charge is 0.447 e. The highest BCUT2D eigenvalue weighted by molar-refractivity contribution is 6.31. The number of amides is 2. The molecule has 0 bridgehead atoms. The Kier molecular flexibility index (Phi) is 14.9. The molecule has 0 radical (unpaired) electrons. The molecule has 2 aliphatic carbocycles. The number of hydrogen-bond acceptors (Lipinski definition) is 13. The third-order valence-electron chi connectivity index (χ3n) is 10.5. The number of alkyl carbamates (subject to hydrolysis) is 1. The maximum atomic E-state index is 14.5. The molecule has 17 nitrogen and oxygen atoms in total. The maximum absolute atomic E-state index is 14.5. The average molecular weight is 896 g/mol. The van der Waals surface area contributed by atoms with Crippen LogP contribution in [0.1, 0.15) is 51.4 Å². The van der Waals surface area contributed by atoms with Crippen LogP contribution in [0, 0.1) is 11.6 Å². The number of aromatic nitrogens is 8. The highest BCUT2D eigenvalue weighted by Crippen LogP contribution is 2.31. The zero-order valence-electron chi connectivity index (χ0n) is 33.9. The molecule has 328 valence electrons. The van der Waals surface area contributed by atoms with Crippen LogP contribution >= 0.6 is 23.2 Å². The van der Waals surface area contributed by atoms with Crippen LogP contribution in [0.4, 0.5) is 25.2 Å². The minimum Gasteiger partial charge on any atom is -0.447 e. The Hall–Kier alpha value is -5.76. The summed E-state index contributed by atoms with van der Waals surface area (Å²) in [6.45, 7) is 0.568. The van der Waals surface area contributed by atoms with Crippen LogP contribution in [0.2, 0.25) is 10.0 Å². The normalized spacial score (nSPS) is 18.7. The van der Waals surface area contributed by atoms with E-state index in [-0.39, 0.29) is 54.9 Å². The molecule has 2 aliphatic rings. The van der Waals surface area contributed by atoms with E-state index < -0.39 is 17.7 Å². The number of carbonyl (C=O) groups excluding carboxylic acids is 2. The predicted octanol–water partition coefficient (Wildman–Crippen LogP) is 7.21. The maximum Gasteiger partial charge on any atom is 0.407 e. The van der Waals surface area contributed by atoms with Crippen molar-refractivity contribution in [3.05, 3.63) is 71.0 Å². The molecule has 0 saturated heterocycles. The third kappa shape index (κ3) is 11.4. The number of ether oxygens (including phenoxy) is 3. The van der Waals surface area contributed by atoms with E-state index in [1.54, 1.807) is 44.0 Å². The Morgan fingerprint density at radius 2 is 1.19 bits per heavy atom. The van der Waals surface area contributed by atoms with Crippen molar-refractivity contribution in [2.24, 2.45) is 0 Å². The summed E-state index contributed by atoms with van der Waals surface area (Å²) in [6.07, 6.45) is 14.9. The Labute approximate surface area is 364 Å². The van der Waals surface area contributed by atoms with Crippen molar-refractivity contribution in [2.75, 3.05) is 44.7 Å². The highest BCUT2D eigenvalue weighted by atomic mass is 35.5. The molecule has 0 aliphatic heterocycles. The van der Waals surface area contributed by atoms with Gasteiger partial charge >= 0.3 is 6.09 Å². The first-order chi connectivity index (χ1) is 30.1. The summed E-state index contributed by atoms with van der Waals surface area (Å²) < 4.78 is 43.7. The molecular formula is C41H46Cl2F2N12O5. The van der Waals surface area contributed by atoms with Gasteiger partial charge < -0.3 is 45.4 Å². The molecule has 4 atom stereocenters. The number of halogens is 4. The van der Waals surface area contributed by atoms with Gasteiger partial charge in [0, 0.05) is 85.1 Å². The number of methoxy groups -OCH3 is 2. The van der Waals surface area contributed by atoms with Gasteiger partial charge in [-0.25, -0.2) is 43.5 Å². The minimum atomic E-state index is -0.543. The summed E-state index contributed by atoms with van der Waals surface area (Å²) in [5, 5.41) is 14.7. The smallest absolute Gasteiger partial charge is 0.407 e. The van der Waals surface area contributed by atoms with Gasteiger partial charge in [-0.15, -0.1) is 0 Å². The van der Waals surface area contributed by atoms with E-state index in [0.29, 0.717) is 63.6 Å². The first-order valence-electron chi connectivity index (χ1n) is 20.1. The van der Waals surface area contributed by atoms with Gasteiger partial charge in [0.15, 0.2) is 34.9 Å². The van der Waals surface area contributed by atoms with E-state index in [0.717, 1.165) is 61.7 Å². The third-order valence-corrected chi connectivity index (χ3v) is 10.9. The molecule has 6 heterocycles. The Morgan fingerprint density at radius 3 is 1.69 bits per heavy atom. The molecule has 0 spiro atoms. The Bertz CT molecular complexity index is 2490. The van der Waals surface area contributed by atoms with E-state index in [9.17, 15) is 18.4 Å². The molecule has 0 unspecified atom stereocenters. The number of aromatic amines is 2. The predicted molar refractivity (Wildman–Crippen MR) is 230 cm³/mol. The number of carbonyl (C=O) groups is 2. The summed E-state index contributed by atoms with van der Waals surface area (Å²) in [7, 11) is 3.03. The number of hydrogen-bond donors (Lipinski definition) is 6. The lowest BCUT2D eigenvalue weighted by atomic mass is 9.91. The van der Waals surface area contributed by atoms with Crippen molar-refractivity contribution >= 4 is 68.9 Å². The number of nitrogens with zero attached hydrogens (tertiary/aromatic N) is 6. The second kappa shape index (κ2) is 20.9. The fourth-order valence-electron chi connectivity index (χ4n) is 7.64. The van der Waals surface area contributed by atoms with Gasteiger partial charge in [0.25, 0.3) is 0 Å². The molecule has 6 aromatic rings. The molecule has 21 heteroatoms. The number of rotatable bonds is 13. The van der Waals surface area contributed by atoms with Crippen molar-refractivity contribution in [1.82, 2.24) is 50.5 Å². The van der Waals surface area contributed by atoms with Gasteiger partial charge in [0.2, 0.25) is 5.91 Å². The highest BCUT2D eigenvalue weighted by Gasteiger charge is 2.27. The first kappa shape index (κ1) is 44.3. The van der Waals surface area contributed by atoms with Crippen molar-refractivity contribution in [3.63, 3.8) is 0 Å². The van der Waals surface area contributed by atoms with Crippen LogP contribution in [0.5, 0.6) is 0 Å². The molecule has 2 saturated carbocycles. The second-order valence-corrected chi connectivity index (χ2v) is 15.8. The van der Waals surface area contributed by atoms with Crippen LogP contribution in [0.3, 0.4) is 0 Å². The van der Waals surface area contributed by atoms with E-state index in [2.05, 4.69) is 61.1 Å². The molecular weight excluding hydrogens is 849 g/mol. The summed E-state index contributed by atoms with van der Waals surface area (Å²) in [5.41, 5.74) is 2.67. The van der Waals surface area contributed by atoms with Crippen molar-refractivity contribution < 1.29 is 32.6 Å². The summed E-state index contributed by atoms with van der Waals surface area (Å²) in [5.74, 6) is -0.235. The van der Waals surface area contributed by atoms with Gasteiger partial charge in [-0.3, -0.25) is 4.79 Å². The minimum absolute atomic E-state index is 0.0112. The van der Waals surface area contributed by atoms with Gasteiger partial charge in [-0.1, -0.05) is 23.2 Å².